The van der Waals surface area contributed by atoms with Gasteiger partial charge in [0.25, 0.3) is 0 Å². The SMILES string of the molecule is CCCCCc1ccc(Nc2ccc(Nc3ccc(CCCCC)cc3)cc2)cc1. The number of hydrogen-bond donors (Lipinski definition) is 2. The lowest BCUT2D eigenvalue weighted by atomic mass is 10.1. The van der Waals surface area contributed by atoms with E-state index in [4.69, 9.17) is 0 Å². The molecule has 0 radical (unpaired) electrons. The van der Waals surface area contributed by atoms with Gasteiger partial charge in [-0.3, -0.25) is 0 Å². The third kappa shape index (κ3) is 7.26. The predicted octanol–water partition coefficient (Wildman–Crippen LogP) is 8.64. The smallest absolute Gasteiger partial charge is 0.0385 e. The molecule has 0 heterocycles. The van der Waals surface area contributed by atoms with Gasteiger partial charge in [0.05, 0.1) is 0 Å². The van der Waals surface area contributed by atoms with Crippen molar-refractivity contribution >= 4 is 22.7 Å². The zero-order valence-electron chi connectivity index (χ0n) is 18.6. The normalized spacial score (nSPS) is 10.7. The van der Waals surface area contributed by atoms with Crippen LogP contribution in [0.2, 0.25) is 0 Å². The van der Waals surface area contributed by atoms with Crippen molar-refractivity contribution in [3.8, 4) is 0 Å². The van der Waals surface area contributed by atoms with Crippen LogP contribution in [0.4, 0.5) is 22.7 Å². The first-order valence-electron chi connectivity index (χ1n) is 11.6. The molecule has 0 spiro atoms. The highest BCUT2D eigenvalue weighted by Crippen LogP contribution is 2.23. The second-order valence-corrected chi connectivity index (χ2v) is 8.14. The Labute approximate surface area is 182 Å². The Morgan fingerprint density at radius 3 is 1.03 bits per heavy atom. The van der Waals surface area contributed by atoms with E-state index in [1.54, 1.807) is 0 Å². The van der Waals surface area contributed by atoms with Crippen molar-refractivity contribution in [1.29, 1.82) is 0 Å². The summed E-state index contributed by atoms with van der Waals surface area (Å²) in [7, 11) is 0. The molecule has 0 aromatic heterocycles. The molecule has 0 fully saturated rings. The van der Waals surface area contributed by atoms with Gasteiger partial charge in [-0.15, -0.1) is 0 Å². The molecule has 2 nitrogen and oxygen atoms in total. The topological polar surface area (TPSA) is 24.1 Å². The van der Waals surface area contributed by atoms with Crippen molar-refractivity contribution in [1.82, 2.24) is 0 Å². The number of rotatable bonds is 12. The molecule has 2 N–H and O–H groups in total. The van der Waals surface area contributed by atoms with E-state index >= 15 is 0 Å². The van der Waals surface area contributed by atoms with Gasteiger partial charge >= 0.3 is 0 Å². The molecule has 0 unspecified atom stereocenters. The molecular formula is C28H36N2. The van der Waals surface area contributed by atoms with Crippen LogP contribution in [0.1, 0.15) is 63.5 Å². The van der Waals surface area contributed by atoms with Crippen LogP contribution < -0.4 is 10.6 Å². The minimum atomic E-state index is 1.10. The summed E-state index contributed by atoms with van der Waals surface area (Å²) in [5.41, 5.74) is 7.31. The van der Waals surface area contributed by atoms with Gasteiger partial charge in [-0.2, -0.15) is 0 Å². The monoisotopic (exact) mass is 400 g/mol. The van der Waals surface area contributed by atoms with Crippen LogP contribution in [0.15, 0.2) is 72.8 Å². The lowest BCUT2D eigenvalue weighted by Crippen LogP contribution is -1.94. The molecule has 0 atom stereocenters. The largest absolute Gasteiger partial charge is 0.356 e. The van der Waals surface area contributed by atoms with Gasteiger partial charge in [-0.25, -0.2) is 0 Å². The third-order valence-corrected chi connectivity index (χ3v) is 5.51. The van der Waals surface area contributed by atoms with E-state index in [2.05, 4.69) is 97.3 Å². The van der Waals surface area contributed by atoms with Crippen molar-refractivity contribution in [2.24, 2.45) is 0 Å². The summed E-state index contributed by atoms with van der Waals surface area (Å²) in [4.78, 5) is 0. The van der Waals surface area contributed by atoms with Crippen LogP contribution in [0.5, 0.6) is 0 Å². The quantitative estimate of drug-likeness (QED) is 0.297. The summed E-state index contributed by atoms with van der Waals surface area (Å²) in [5, 5.41) is 6.99. The molecule has 3 aromatic carbocycles. The Kier molecular flexibility index (Phi) is 8.83. The molecule has 0 bridgehead atoms. The van der Waals surface area contributed by atoms with E-state index in [0.717, 1.165) is 22.7 Å². The maximum atomic E-state index is 3.49. The number of benzene rings is 3. The molecule has 30 heavy (non-hydrogen) atoms. The third-order valence-electron chi connectivity index (χ3n) is 5.51. The van der Waals surface area contributed by atoms with E-state index in [1.807, 2.05) is 0 Å². The van der Waals surface area contributed by atoms with Gasteiger partial charge in [-0.1, -0.05) is 63.8 Å². The van der Waals surface area contributed by atoms with E-state index in [9.17, 15) is 0 Å². The van der Waals surface area contributed by atoms with E-state index in [0.29, 0.717) is 0 Å². The van der Waals surface area contributed by atoms with Crippen molar-refractivity contribution < 1.29 is 0 Å². The van der Waals surface area contributed by atoms with Gasteiger partial charge in [-0.05, 0) is 85.3 Å². The molecule has 0 aliphatic carbocycles. The molecule has 3 rings (SSSR count). The van der Waals surface area contributed by atoms with Crippen LogP contribution in [0, 0.1) is 0 Å². The predicted molar refractivity (Wildman–Crippen MR) is 132 cm³/mol. The number of unbranched alkanes of at least 4 members (excludes halogenated alkanes) is 4. The average Bonchev–Trinajstić information content (AvgIpc) is 2.78. The summed E-state index contributed by atoms with van der Waals surface area (Å²) < 4.78 is 0. The summed E-state index contributed by atoms with van der Waals surface area (Å²) in [6, 6.07) is 26.1. The summed E-state index contributed by atoms with van der Waals surface area (Å²) in [5.74, 6) is 0. The summed E-state index contributed by atoms with van der Waals surface area (Å²) in [6.45, 7) is 4.50. The summed E-state index contributed by atoms with van der Waals surface area (Å²) >= 11 is 0. The lowest BCUT2D eigenvalue weighted by Gasteiger charge is -2.11. The lowest BCUT2D eigenvalue weighted by molar-refractivity contribution is 0.717. The highest BCUT2D eigenvalue weighted by molar-refractivity contribution is 5.66. The van der Waals surface area contributed by atoms with Crippen molar-refractivity contribution in [3.63, 3.8) is 0 Å². The van der Waals surface area contributed by atoms with Crippen LogP contribution in [0.3, 0.4) is 0 Å². The second-order valence-electron chi connectivity index (χ2n) is 8.14. The van der Waals surface area contributed by atoms with Gasteiger partial charge in [0.2, 0.25) is 0 Å². The zero-order chi connectivity index (χ0) is 21.0. The fourth-order valence-corrected chi connectivity index (χ4v) is 3.64. The first kappa shape index (κ1) is 22.0. The van der Waals surface area contributed by atoms with Gasteiger partial charge in [0, 0.05) is 22.7 Å². The molecule has 0 aliphatic heterocycles. The van der Waals surface area contributed by atoms with Crippen molar-refractivity contribution in [2.75, 3.05) is 10.6 Å². The standard InChI is InChI=1S/C28H36N2/c1-3-5-7-9-23-11-15-25(16-12-23)29-27-19-21-28(22-20-27)30-26-17-13-24(14-18-26)10-8-6-4-2/h11-22,29-30H,3-10H2,1-2H3. The maximum Gasteiger partial charge on any atom is 0.0385 e. The Hall–Kier alpha value is -2.74. The molecule has 0 saturated heterocycles. The van der Waals surface area contributed by atoms with Crippen LogP contribution in [-0.4, -0.2) is 0 Å². The Balaban J connectivity index is 1.50. The first-order valence-corrected chi connectivity index (χ1v) is 11.6. The van der Waals surface area contributed by atoms with Crippen molar-refractivity contribution in [2.45, 2.75) is 65.2 Å². The number of nitrogens with one attached hydrogen (secondary N) is 2. The highest BCUT2D eigenvalue weighted by Gasteiger charge is 2.00. The molecule has 2 heteroatoms. The Morgan fingerprint density at radius 1 is 0.433 bits per heavy atom. The summed E-state index contributed by atoms with van der Waals surface area (Å²) in [6.07, 6.45) is 10.1. The minimum absolute atomic E-state index is 1.10. The van der Waals surface area contributed by atoms with Gasteiger partial charge in [0.1, 0.15) is 0 Å². The molecule has 0 saturated carbocycles. The van der Waals surface area contributed by atoms with E-state index < -0.39 is 0 Å². The molecular weight excluding hydrogens is 364 g/mol. The minimum Gasteiger partial charge on any atom is -0.356 e. The van der Waals surface area contributed by atoms with Crippen molar-refractivity contribution in [3.05, 3.63) is 83.9 Å². The Bertz CT molecular complexity index is 774. The molecule has 158 valence electrons. The molecule has 0 amide bonds. The van der Waals surface area contributed by atoms with E-state index in [1.165, 1.54) is 62.5 Å². The fraction of sp³-hybridized carbons (Fsp3) is 0.357. The van der Waals surface area contributed by atoms with Crippen LogP contribution >= 0.6 is 0 Å². The number of anilines is 4. The van der Waals surface area contributed by atoms with Crippen LogP contribution in [-0.2, 0) is 12.8 Å². The first-order chi connectivity index (χ1) is 14.8. The van der Waals surface area contributed by atoms with Crippen LogP contribution in [0.25, 0.3) is 0 Å². The van der Waals surface area contributed by atoms with Gasteiger partial charge in [0.15, 0.2) is 0 Å². The second kappa shape index (κ2) is 12.1. The maximum absolute atomic E-state index is 3.49. The fourth-order valence-electron chi connectivity index (χ4n) is 3.64. The zero-order valence-corrected chi connectivity index (χ0v) is 18.6. The average molecular weight is 401 g/mol. The Morgan fingerprint density at radius 2 is 0.733 bits per heavy atom. The molecule has 0 aliphatic rings. The van der Waals surface area contributed by atoms with Gasteiger partial charge < -0.3 is 10.6 Å². The van der Waals surface area contributed by atoms with E-state index in [-0.39, 0.29) is 0 Å². The number of aryl methyl sites for hydroxylation is 2. The highest BCUT2D eigenvalue weighted by atomic mass is 14.9. The molecule has 3 aromatic rings. The number of hydrogen-bond acceptors (Lipinski definition) is 2.